The summed E-state index contributed by atoms with van der Waals surface area (Å²) in [7, 11) is 0. The van der Waals surface area contributed by atoms with Gasteiger partial charge >= 0.3 is 0 Å². The van der Waals surface area contributed by atoms with E-state index in [1.165, 1.54) is 16.0 Å². The van der Waals surface area contributed by atoms with Gasteiger partial charge in [0.05, 0.1) is 26.7 Å². The van der Waals surface area contributed by atoms with E-state index < -0.39 is 11.8 Å². The van der Waals surface area contributed by atoms with Crippen LogP contribution in [-0.4, -0.2) is 39.6 Å². The van der Waals surface area contributed by atoms with Crippen molar-refractivity contribution in [2.75, 3.05) is 0 Å². The lowest BCUT2D eigenvalue weighted by molar-refractivity contribution is 0.0588. The fourth-order valence-corrected chi connectivity index (χ4v) is 4.72. The van der Waals surface area contributed by atoms with Gasteiger partial charge in [-0.2, -0.15) is 0 Å². The highest BCUT2D eigenvalue weighted by atomic mass is 35.5. The first kappa shape index (κ1) is 25.4. The number of carbonyl (C=O) groups excluding carboxylic acids is 3. The molecule has 31 heavy (non-hydrogen) atoms. The molecule has 0 fully saturated rings. The Hall–Kier alpha value is -1.85. The van der Waals surface area contributed by atoms with E-state index in [2.05, 4.69) is 20.4 Å². The average Bonchev–Trinajstić information content (AvgIpc) is 3.00. The van der Waals surface area contributed by atoms with Gasteiger partial charge in [0.1, 0.15) is 0 Å². The fraction of sp³-hybridized carbons (Fsp3) is 0.542. The molecule has 1 aliphatic rings. The molecule has 0 radical (unpaired) electrons. The summed E-state index contributed by atoms with van der Waals surface area (Å²) in [6, 6.07) is -0.368. The number of carbonyl (C=O) groups is 3. The van der Waals surface area contributed by atoms with Crippen LogP contribution in [0.4, 0.5) is 0 Å². The van der Waals surface area contributed by atoms with Gasteiger partial charge in [-0.25, -0.2) is 0 Å². The molecule has 2 rings (SSSR count). The zero-order valence-corrected chi connectivity index (χ0v) is 20.6. The number of unbranched alkanes of at least 4 members (excludes halogenated alkanes) is 2. The van der Waals surface area contributed by atoms with E-state index in [1.54, 1.807) is 6.92 Å². The predicted molar refractivity (Wildman–Crippen MR) is 126 cm³/mol. The van der Waals surface area contributed by atoms with Gasteiger partial charge in [-0.15, -0.1) is 0 Å². The minimum Gasteiger partial charge on any atom is -0.313 e. The van der Waals surface area contributed by atoms with E-state index in [0.29, 0.717) is 12.0 Å². The fourth-order valence-electron chi connectivity index (χ4n) is 4.06. The molecule has 2 atom stereocenters. The molecule has 1 aromatic rings. The second kappa shape index (κ2) is 10.6. The maximum Gasteiger partial charge on any atom is 0.263 e. The second-order valence-electron chi connectivity index (χ2n) is 8.24. The maximum atomic E-state index is 13.4. The summed E-state index contributed by atoms with van der Waals surface area (Å²) in [6.07, 6.45) is 6.81. The van der Waals surface area contributed by atoms with Crippen LogP contribution in [0.1, 0.15) is 103 Å². The van der Waals surface area contributed by atoms with E-state index >= 15 is 0 Å². The SMILES string of the molecule is C=CN(C(=O)c1c(C)c(Cl)c2c(c1Cl)C(=O)N([C@H](C)CCCC)C2=O)[C@H](C)CCCC. The Bertz CT molecular complexity index is 898. The number of nitrogens with zero attached hydrogens (tertiary/aromatic N) is 2. The summed E-state index contributed by atoms with van der Waals surface area (Å²) in [4.78, 5) is 42.5. The average molecular weight is 467 g/mol. The van der Waals surface area contributed by atoms with Gasteiger partial charge in [0.2, 0.25) is 0 Å². The molecule has 0 bridgehead atoms. The maximum absolute atomic E-state index is 13.4. The van der Waals surface area contributed by atoms with Crippen LogP contribution in [-0.2, 0) is 0 Å². The quantitative estimate of drug-likeness (QED) is 0.363. The number of imide groups is 1. The summed E-state index contributed by atoms with van der Waals surface area (Å²) in [5, 5.41) is 0.0940. The van der Waals surface area contributed by atoms with Crippen molar-refractivity contribution in [3.8, 4) is 0 Å². The molecule has 7 heteroatoms. The zero-order valence-electron chi connectivity index (χ0n) is 19.1. The Morgan fingerprint density at radius 2 is 1.55 bits per heavy atom. The Balaban J connectivity index is 2.55. The first-order valence-corrected chi connectivity index (χ1v) is 11.7. The monoisotopic (exact) mass is 466 g/mol. The Morgan fingerprint density at radius 1 is 1.03 bits per heavy atom. The molecule has 1 heterocycles. The molecule has 170 valence electrons. The van der Waals surface area contributed by atoms with Crippen molar-refractivity contribution in [2.45, 2.75) is 85.2 Å². The molecule has 1 aliphatic heterocycles. The van der Waals surface area contributed by atoms with Crippen molar-refractivity contribution in [3.63, 3.8) is 0 Å². The largest absolute Gasteiger partial charge is 0.313 e. The Kier molecular flexibility index (Phi) is 8.73. The molecule has 0 unspecified atom stereocenters. The summed E-state index contributed by atoms with van der Waals surface area (Å²) < 4.78 is 0. The number of benzene rings is 1. The highest BCUT2D eigenvalue weighted by Crippen LogP contribution is 2.41. The third-order valence-corrected chi connectivity index (χ3v) is 6.84. The van der Waals surface area contributed by atoms with Crippen LogP contribution in [0.3, 0.4) is 0 Å². The number of rotatable bonds is 10. The molecule has 0 saturated heterocycles. The molecule has 0 spiro atoms. The van der Waals surface area contributed by atoms with Crippen molar-refractivity contribution in [1.82, 2.24) is 9.80 Å². The van der Waals surface area contributed by atoms with Crippen molar-refractivity contribution in [2.24, 2.45) is 0 Å². The third kappa shape index (κ3) is 4.68. The zero-order chi connectivity index (χ0) is 23.5. The van der Waals surface area contributed by atoms with Gasteiger partial charge in [0.15, 0.2) is 0 Å². The van der Waals surface area contributed by atoms with Gasteiger partial charge < -0.3 is 4.90 Å². The highest BCUT2D eigenvalue weighted by molar-refractivity contribution is 6.44. The standard InChI is InChI=1S/C24H32Cl2N2O3/c1-7-10-12-14(4)27(9-3)22(29)17-16(6)20(25)18-19(21(17)26)24(31)28(23(18)30)15(5)13-11-8-2/h9,14-15H,3,7-8,10-13H2,1-2,4-6H3/t14-,15-/m1/s1. The number of fused-ring (bicyclic) bond motifs is 1. The van der Waals surface area contributed by atoms with E-state index in [1.807, 2.05) is 13.8 Å². The van der Waals surface area contributed by atoms with Crippen LogP contribution < -0.4 is 0 Å². The normalized spacial score (nSPS) is 15.1. The van der Waals surface area contributed by atoms with Crippen LogP contribution in [0.25, 0.3) is 0 Å². The van der Waals surface area contributed by atoms with Crippen LogP contribution in [0.2, 0.25) is 10.0 Å². The van der Waals surface area contributed by atoms with Crippen LogP contribution in [0.5, 0.6) is 0 Å². The van der Waals surface area contributed by atoms with Crippen molar-refractivity contribution < 1.29 is 14.4 Å². The van der Waals surface area contributed by atoms with Gasteiger partial charge in [0.25, 0.3) is 17.7 Å². The number of halogens is 2. The van der Waals surface area contributed by atoms with Gasteiger partial charge in [-0.05, 0) is 39.2 Å². The summed E-state index contributed by atoms with van der Waals surface area (Å²) in [5.41, 5.74) is 0.671. The molecule has 3 amide bonds. The first-order chi connectivity index (χ1) is 14.6. The molecular formula is C24H32Cl2N2O3. The highest BCUT2D eigenvalue weighted by Gasteiger charge is 2.44. The molecule has 0 aromatic heterocycles. The summed E-state index contributed by atoms with van der Waals surface area (Å²) >= 11 is 13.2. The predicted octanol–water partition coefficient (Wildman–Crippen LogP) is 6.64. The molecule has 5 nitrogen and oxygen atoms in total. The van der Waals surface area contributed by atoms with Gasteiger partial charge in [-0.3, -0.25) is 19.3 Å². The second-order valence-corrected chi connectivity index (χ2v) is 8.99. The van der Waals surface area contributed by atoms with Crippen molar-refractivity contribution in [3.05, 3.63) is 45.1 Å². The molecule has 0 N–H and O–H groups in total. The smallest absolute Gasteiger partial charge is 0.263 e. The third-order valence-electron chi connectivity index (χ3n) is 5.99. The molecule has 1 aromatic carbocycles. The summed E-state index contributed by atoms with van der Waals surface area (Å²) in [6.45, 7) is 13.4. The van der Waals surface area contributed by atoms with Crippen LogP contribution in [0.15, 0.2) is 12.8 Å². The van der Waals surface area contributed by atoms with E-state index in [4.69, 9.17) is 23.2 Å². The molecular weight excluding hydrogens is 435 g/mol. The van der Waals surface area contributed by atoms with E-state index in [-0.39, 0.29) is 44.7 Å². The Labute approximate surface area is 195 Å². The van der Waals surface area contributed by atoms with Gasteiger partial charge in [-0.1, -0.05) is 69.3 Å². The lowest BCUT2D eigenvalue weighted by Gasteiger charge is -2.27. The van der Waals surface area contributed by atoms with E-state index in [9.17, 15) is 14.4 Å². The lowest BCUT2D eigenvalue weighted by Crippen LogP contribution is -2.38. The first-order valence-electron chi connectivity index (χ1n) is 11.0. The van der Waals surface area contributed by atoms with Crippen molar-refractivity contribution >= 4 is 40.9 Å². The van der Waals surface area contributed by atoms with Crippen LogP contribution in [0, 0.1) is 6.92 Å². The molecule has 0 saturated carbocycles. The van der Waals surface area contributed by atoms with E-state index in [0.717, 1.165) is 32.1 Å². The van der Waals surface area contributed by atoms with Crippen LogP contribution >= 0.6 is 23.2 Å². The van der Waals surface area contributed by atoms with Gasteiger partial charge in [0, 0.05) is 18.3 Å². The molecule has 0 aliphatic carbocycles. The topological polar surface area (TPSA) is 57.7 Å². The minimum absolute atomic E-state index is 0.0139. The lowest BCUT2D eigenvalue weighted by atomic mass is 9.98. The minimum atomic E-state index is -0.492. The number of hydrogen-bond donors (Lipinski definition) is 0. The number of hydrogen-bond acceptors (Lipinski definition) is 3. The Morgan fingerprint density at radius 3 is 2.06 bits per heavy atom. The van der Waals surface area contributed by atoms with Crippen molar-refractivity contribution in [1.29, 1.82) is 0 Å². The summed E-state index contributed by atoms with van der Waals surface area (Å²) in [5.74, 6) is -1.31. The number of amides is 3.